The molecule has 1 aromatic carbocycles. The zero-order chi connectivity index (χ0) is 12.1. The van der Waals surface area contributed by atoms with Crippen LogP contribution < -0.4 is 5.73 Å². The van der Waals surface area contributed by atoms with Gasteiger partial charge in [-0.3, -0.25) is 19.8 Å². The zero-order valence-electron chi connectivity index (χ0n) is 8.92. The summed E-state index contributed by atoms with van der Waals surface area (Å²) in [5.74, 6) is -0.399. The maximum atomic E-state index is 10.6. The van der Waals surface area contributed by atoms with Gasteiger partial charge in [-0.15, -0.1) is 0 Å². The number of non-ortho nitro benzene ring substituents is 1. The van der Waals surface area contributed by atoms with E-state index in [1.807, 2.05) is 0 Å². The molecule has 0 aromatic heterocycles. The van der Waals surface area contributed by atoms with Crippen molar-refractivity contribution in [3.63, 3.8) is 0 Å². The van der Waals surface area contributed by atoms with Gasteiger partial charge in [0.05, 0.1) is 11.5 Å². The van der Waals surface area contributed by atoms with Crippen molar-refractivity contribution in [2.45, 2.75) is 6.54 Å². The van der Waals surface area contributed by atoms with Gasteiger partial charge in [0, 0.05) is 18.7 Å². The molecule has 0 spiro atoms. The third-order valence-electron chi connectivity index (χ3n) is 2.03. The molecule has 0 fully saturated rings. The number of nitro groups is 1. The second-order valence-electron chi connectivity index (χ2n) is 3.56. The first-order valence-electron chi connectivity index (χ1n) is 4.69. The number of carbonyl (C=O) groups is 1. The van der Waals surface area contributed by atoms with E-state index in [1.165, 1.54) is 12.1 Å². The van der Waals surface area contributed by atoms with Gasteiger partial charge in [0.25, 0.3) is 5.69 Å². The Hall–Kier alpha value is -1.95. The number of nitrogens with two attached hydrogens (primary N) is 1. The van der Waals surface area contributed by atoms with Crippen molar-refractivity contribution in [2.75, 3.05) is 13.6 Å². The summed E-state index contributed by atoms with van der Waals surface area (Å²) in [5.41, 5.74) is 6.00. The smallest absolute Gasteiger partial charge is 0.269 e. The Morgan fingerprint density at radius 3 is 2.44 bits per heavy atom. The van der Waals surface area contributed by atoms with Gasteiger partial charge < -0.3 is 5.73 Å². The first-order valence-corrected chi connectivity index (χ1v) is 4.69. The highest BCUT2D eigenvalue weighted by molar-refractivity contribution is 5.75. The Morgan fingerprint density at radius 2 is 2.00 bits per heavy atom. The molecular weight excluding hydrogens is 210 g/mol. The Bertz CT molecular complexity index is 389. The fourth-order valence-electron chi connectivity index (χ4n) is 1.36. The molecule has 6 nitrogen and oxygen atoms in total. The Morgan fingerprint density at radius 1 is 1.44 bits per heavy atom. The first kappa shape index (κ1) is 12.1. The number of amides is 1. The molecule has 0 saturated heterocycles. The summed E-state index contributed by atoms with van der Waals surface area (Å²) >= 11 is 0. The van der Waals surface area contributed by atoms with Crippen LogP contribution in [-0.4, -0.2) is 29.3 Å². The SMILES string of the molecule is CN(CC(N)=O)Cc1ccc([N+](=O)[O-])cc1. The van der Waals surface area contributed by atoms with E-state index in [0.29, 0.717) is 6.54 Å². The normalized spacial score (nSPS) is 10.4. The molecule has 0 unspecified atom stereocenters. The van der Waals surface area contributed by atoms with Gasteiger partial charge in [-0.25, -0.2) is 0 Å². The number of carbonyl (C=O) groups excluding carboxylic acids is 1. The molecule has 2 N–H and O–H groups in total. The largest absolute Gasteiger partial charge is 0.369 e. The molecule has 1 aromatic rings. The topological polar surface area (TPSA) is 89.5 Å². The zero-order valence-corrected chi connectivity index (χ0v) is 8.92. The number of likely N-dealkylation sites (N-methyl/N-ethyl adjacent to an activating group) is 1. The summed E-state index contributed by atoms with van der Waals surface area (Å²) in [5, 5.41) is 10.4. The number of hydrogen-bond donors (Lipinski definition) is 1. The Kier molecular flexibility index (Phi) is 3.96. The van der Waals surface area contributed by atoms with E-state index < -0.39 is 10.8 Å². The highest BCUT2D eigenvalue weighted by Crippen LogP contribution is 2.12. The number of hydrogen-bond acceptors (Lipinski definition) is 4. The quantitative estimate of drug-likeness (QED) is 0.581. The van der Waals surface area contributed by atoms with Crippen LogP contribution in [0.25, 0.3) is 0 Å². The fourth-order valence-corrected chi connectivity index (χ4v) is 1.36. The molecule has 0 aliphatic heterocycles. The number of benzene rings is 1. The van der Waals surface area contributed by atoms with Crippen LogP contribution in [0.15, 0.2) is 24.3 Å². The highest BCUT2D eigenvalue weighted by Gasteiger charge is 2.06. The van der Waals surface area contributed by atoms with Gasteiger partial charge in [-0.2, -0.15) is 0 Å². The van der Waals surface area contributed by atoms with E-state index in [4.69, 9.17) is 5.73 Å². The molecule has 0 atom stereocenters. The van der Waals surface area contributed by atoms with Crippen molar-refractivity contribution in [2.24, 2.45) is 5.73 Å². The summed E-state index contributed by atoms with van der Waals surface area (Å²) in [6, 6.07) is 6.20. The minimum Gasteiger partial charge on any atom is -0.369 e. The predicted molar refractivity (Wildman–Crippen MR) is 58.6 cm³/mol. The predicted octanol–water partition coefficient (Wildman–Crippen LogP) is 0.512. The van der Waals surface area contributed by atoms with Crippen LogP contribution in [-0.2, 0) is 11.3 Å². The molecule has 16 heavy (non-hydrogen) atoms. The number of primary amides is 1. The molecule has 0 aliphatic carbocycles. The van der Waals surface area contributed by atoms with Crippen LogP contribution in [0, 0.1) is 10.1 Å². The van der Waals surface area contributed by atoms with E-state index in [1.54, 1.807) is 24.1 Å². The minimum atomic E-state index is -0.448. The van der Waals surface area contributed by atoms with Crippen LogP contribution in [0.2, 0.25) is 0 Å². The highest BCUT2D eigenvalue weighted by atomic mass is 16.6. The minimum absolute atomic E-state index is 0.0568. The number of nitro benzene ring substituents is 1. The lowest BCUT2D eigenvalue weighted by Crippen LogP contribution is -2.30. The molecule has 1 rings (SSSR count). The van der Waals surface area contributed by atoms with Crippen molar-refractivity contribution in [1.29, 1.82) is 0 Å². The maximum absolute atomic E-state index is 10.6. The lowest BCUT2D eigenvalue weighted by molar-refractivity contribution is -0.384. The van der Waals surface area contributed by atoms with Gasteiger partial charge in [0.15, 0.2) is 0 Å². The molecule has 0 bridgehead atoms. The van der Waals surface area contributed by atoms with Crippen molar-refractivity contribution < 1.29 is 9.72 Å². The van der Waals surface area contributed by atoms with Gasteiger partial charge in [-0.05, 0) is 12.6 Å². The van der Waals surface area contributed by atoms with E-state index in [0.717, 1.165) is 5.56 Å². The third kappa shape index (κ3) is 3.66. The average Bonchev–Trinajstić information content (AvgIpc) is 2.16. The molecule has 1 amide bonds. The lowest BCUT2D eigenvalue weighted by Gasteiger charge is -2.13. The Balaban J connectivity index is 2.61. The van der Waals surface area contributed by atoms with E-state index in [-0.39, 0.29) is 12.2 Å². The second-order valence-corrected chi connectivity index (χ2v) is 3.56. The molecule has 0 radical (unpaired) electrons. The molecule has 86 valence electrons. The number of rotatable bonds is 5. The summed E-state index contributed by atoms with van der Waals surface area (Å²) < 4.78 is 0. The first-order chi connectivity index (χ1) is 7.49. The molecule has 0 heterocycles. The van der Waals surface area contributed by atoms with Gasteiger partial charge >= 0.3 is 0 Å². The van der Waals surface area contributed by atoms with Gasteiger partial charge in [-0.1, -0.05) is 12.1 Å². The molecule has 0 aliphatic rings. The van der Waals surface area contributed by atoms with Gasteiger partial charge in [0.2, 0.25) is 5.91 Å². The summed E-state index contributed by atoms with van der Waals surface area (Å²) in [6.45, 7) is 0.692. The molecule has 6 heteroatoms. The maximum Gasteiger partial charge on any atom is 0.269 e. The third-order valence-corrected chi connectivity index (χ3v) is 2.03. The van der Waals surface area contributed by atoms with Crippen molar-refractivity contribution in [3.05, 3.63) is 39.9 Å². The average molecular weight is 223 g/mol. The number of nitrogens with zero attached hydrogens (tertiary/aromatic N) is 2. The lowest BCUT2D eigenvalue weighted by atomic mass is 10.2. The van der Waals surface area contributed by atoms with E-state index >= 15 is 0 Å². The second kappa shape index (κ2) is 5.22. The molecule has 0 saturated carbocycles. The van der Waals surface area contributed by atoms with Crippen molar-refractivity contribution in [1.82, 2.24) is 4.90 Å². The fraction of sp³-hybridized carbons (Fsp3) is 0.300. The van der Waals surface area contributed by atoms with Gasteiger partial charge in [0.1, 0.15) is 0 Å². The van der Waals surface area contributed by atoms with E-state index in [9.17, 15) is 14.9 Å². The monoisotopic (exact) mass is 223 g/mol. The molecular formula is C10H13N3O3. The van der Waals surface area contributed by atoms with Crippen molar-refractivity contribution in [3.8, 4) is 0 Å². The standard InChI is InChI=1S/C10H13N3O3/c1-12(7-10(11)14)6-8-2-4-9(5-3-8)13(15)16/h2-5H,6-7H2,1H3,(H2,11,14). The van der Waals surface area contributed by atoms with Crippen LogP contribution in [0.5, 0.6) is 0 Å². The van der Waals surface area contributed by atoms with Crippen LogP contribution in [0.4, 0.5) is 5.69 Å². The van der Waals surface area contributed by atoms with E-state index in [2.05, 4.69) is 0 Å². The summed E-state index contributed by atoms with van der Waals surface area (Å²) in [6.07, 6.45) is 0. The van der Waals surface area contributed by atoms with Crippen LogP contribution in [0.3, 0.4) is 0 Å². The Labute approximate surface area is 92.8 Å². The van der Waals surface area contributed by atoms with Crippen LogP contribution in [0.1, 0.15) is 5.56 Å². The summed E-state index contributed by atoms with van der Waals surface area (Å²) in [7, 11) is 1.76. The van der Waals surface area contributed by atoms with Crippen LogP contribution >= 0.6 is 0 Å². The summed E-state index contributed by atoms with van der Waals surface area (Å²) in [4.78, 5) is 22.3. The van der Waals surface area contributed by atoms with Crippen molar-refractivity contribution >= 4 is 11.6 Å².